The van der Waals surface area contributed by atoms with Gasteiger partial charge >= 0.3 is 0 Å². The van der Waals surface area contributed by atoms with Crippen LogP contribution in [0.3, 0.4) is 0 Å². The van der Waals surface area contributed by atoms with Crippen LogP contribution >= 0.6 is 11.3 Å². The predicted molar refractivity (Wildman–Crippen MR) is 117 cm³/mol. The van der Waals surface area contributed by atoms with E-state index in [2.05, 4.69) is 30.6 Å². The van der Waals surface area contributed by atoms with Crippen molar-refractivity contribution in [2.24, 2.45) is 0 Å². The minimum atomic E-state index is -0.471. The van der Waals surface area contributed by atoms with Crippen LogP contribution in [-0.2, 0) is 0 Å². The second kappa shape index (κ2) is 8.09. The summed E-state index contributed by atoms with van der Waals surface area (Å²) in [7, 11) is 1.79. The van der Waals surface area contributed by atoms with Crippen LogP contribution in [-0.4, -0.2) is 31.9 Å². The monoisotopic (exact) mass is 420 g/mol. The molecule has 150 valence electrons. The molecule has 4 N–H and O–H groups in total. The van der Waals surface area contributed by atoms with Crippen molar-refractivity contribution in [2.45, 2.75) is 0 Å². The van der Waals surface area contributed by atoms with Gasteiger partial charge in [0.1, 0.15) is 4.88 Å². The Balaban J connectivity index is 1.75. The summed E-state index contributed by atoms with van der Waals surface area (Å²) < 4.78 is 0. The zero-order valence-corrected chi connectivity index (χ0v) is 16.6. The fraction of sp³-hybridized carbons (Fsp3) is 0.0526. The van der Waals surface area contributed by atoms with Gasteiger partial charge in [-0.2, -0.15) is 15.0 Å². The fourth-order valence-electron chi connectivity index (χ4n) is 2.75. The van der Waals surface area contributed by atoms with Crippen LogP contribution in [0.2, 0.25) is 0 Å². The molecule has 0 atom stereocenters. The van der Waals surface area contributed by atoms with Gasteiger partial charge in [0.25, 0.3) is 5.69 Å². The van der Waals surface area contributed by atoms with Crippen molar-refractivity contribution in [2.75, 3.05) is 23.4 Å². The topological polar surface area (TPSA) is 145 Å². The van der Waals surface area contributed by atoms with E-state index in [9.17, 15) is 10.1 Å². The van der Waals surface area contributed by atoms with E-state index in [0.717, 1.165) is 16.1 Å². The number of nitrogens with one attached hydrogen (secondary N) is 2. The average Bonchev–Trinajstić information content (AvgIpc) is 3.19. The minimum Gasteiger partial charge on any atom is -0.368 e. The van der Waals surface area contributed by atoms with Crippen molar-refractivity contribution in [3.63, 3.8) is 0 Å². The second-order valence-electron chi connectivity index (χ2n) is 6.09. The molecule has 0 aliphatic heterocycles. The average molecular weight is 420 g/mol. The van der Waals surface area contributed by atoms with Gasteiger partial charge in [-0.25, -0.2) is 4.98 Å². The van der Waals surface area contributed by atoms with Gasteiger partial charge in [0.05, 0.1) is 10.6 Å². The summed E-state index contributed by atoms with van der Waals surface area (Å²) in [6, 6.07) is 15.7. The molecule has 0 spiro atoms. The number of hydrogen-bond donors (Lipinski definition) is 3. The number of non-ortho nitro benzene ring substituents is 1. The second-order valence-corrected chi connectivity index (χ2v) is 7.09. The van der Waals surface area contributed by atoms with Crippen molar-refractivity contribution in [3.05, 3.63) is 64.7 Å². The Morgan fingerprint density at radius 3 is 2.57 bits per heavy atom. The number of thiazole rings is 1. The van der Waals surface area contributed by atoms with Crippen LogP contribution in [0, 0.1) is 10.1 Å². The van der Waals surface area contributed by atoms with E-state index in [-0.39, 0.29) is 17.6 Å². The highest BCUT2D eigenvalue weighted by molar-refractivity contribution is 7.19. The number of nitrogens with zero attached hydrogens (tertiary/aromatic N) is 5. The summed E-state index contributed by atoms with van der Waals surface area (Å²) in [5.41, 5.74) is 7.96. The molecule has 0 aliphatic carbocycles. The van der Waals surface area contributed by atoms with Crippen molar-refractivity contribution in [1.29, 1.82) is 0 Å². The summed E-state index contributed by atoms with van der Waals surface area (Å²) in [6.45, 7) is 0. The van der Waals surface area contributed by atoms with Gasteiger partial charge in [0, 0.05) is 30.4 Å². The molecule has 0 unspecified atom stereocenters. The first kappa shape index (κ1) is 19.2. The molecule has 2 heterocycles. The third-order valence-electron chi connectivity index (χ3n) is 4.06. The molecule has 10 nitrogen and oxygen atoms in total. The number of nitrogen functional groups attached to an aromatic ring is 1. The van der Waals surface area contributed by atoms with Crippen LogP contribution in [0.4, 0.5) is 28.4 Å². The summed E-state index contributed by atoms with van der Waals surface area (Å²) in [5.74, 6) is 0.552. The molecule has 0 fully saturated rings. The summed E-state index contributed by atoms with van der Waals surface area (Å²) in [5, 5.41) is 17.7. The van der Waals surface area contributed by atoms with Crippen molar-refractivity contribution in [3.8, 4) is 22.0 Å². The van der Waals surface area contributed by atoms with Crippen LogP contribution < -0.4 is 16.4 Å². The molecule has 11 heteroatoms. The van der Waals surface area contributed by atoms with E-state index in [1.54, 1.807) is 19.2 Å². The summed E-state index contributed by atoms with van der Waals surface area (Å²) >= 11 is 1.39. The van der Waals surface area contributed by atoms with E-state index in [1.807, 2.05) is 30.3 Å². The maximum Gasteiger partial charge on any atom is 0.271 e. The largest absolute Gasteiger partial charge is 0.368 e. The van der Waals surface area contributed by atoms with Crippen LogP contribution in [0.25, 0.3) is 22.0 Å². The third kappa shape index (κ3) is 4.00. The smallest absolute Gasteiger partial charge is 0.271 e. The van der Waals surface area contributed by atoms with E-state index >= 15 is 0 Å². The lowest BCUT2D eigenvalue weighted by atomic mass is 10.1. The Bertz CT molecular complexity index is 1210. The quantitative estimate of drug-likeness (QED) is 0.312. The number of nitro groups is 1. The van der Waals surface area contributed by atoms with Gasteiger partial charge in [-0.05, 0) is 6.07 Å². The summed E-state index contributed by atoms with van der Waals surface area (Å²) in [6.07, 6.45) is 0. The molecule has 4 aromatic rings. The molecule has 4 rings (SSSR count). The summed E-state index contributed by atoms with van der Waals surface area (Å²) in [4.78, 5) is 28.7. The van der Waals surface area contributed by atoms with Gasteiger partial charge in [-0.15, -0.1) is 0 Å². The first-order valence-corrected chi connectivity index (χ1v) is 9.62. The maximum atomic E-state index is 11.0. The normalized spacial score (nSPS) is 10.6. The maximum absolute atomic E-state index is 11.0. The van der Waals surface area contributed by atoms with Crippen LogP contribution in [0.15, 0.2) is 54.6 Å². The Hall–Kier alpha value is -4.12. The van der Waals surface area contributed by atoms with Gasteiger partial charge in [-0.3, -0.25) is 10.1 Å². The van der Waals surface area contributed by atoms with Gasteiger partial charge in [0.15, 0.2) is 11.0 Å². The number of benzene rings is 2. The molecule has 0 radical (unpaired) electrons. The van der Waals surface area contributed by atoms with Gasteiger partial charge in [0.2, 0.25) is 11.9 Å². The first-order valence-electron chi connectivity index (χ1n) is 8.81. The number of hydrogen-bond acceptors (Lipinski definition) is 10. The highest BCUT2D eigenvalue weighted by atomic mass is 32.1. The lowest BCUT2D eigenvalue weighted by Crippen LogP contribution is -2.05. The number of nitro benzene ring substituents is 1. The predicted octanol–water partition coefficient (Wildman–Crippen LogP) is 3.94. The third-order valence-corrected chi connectivity index (χ3v) is 5.13. The highest BCUT2D eigenvalue weighted by Gasteiger charge is 2.18. The van der Waals surface area contributed by atoms with E-state index in [1.165, 1.54) is 23.5 Å². The number of rotatable bonds is 6. The Morgan fingerprint density at radius 1 is 1.03 bits per heavy atom. The van der Waals surface area contributed by atoms with Crippen LogP contribution in [0.1, 0.15) is 0 Å². The molecule has 30 heavy (non-hydrogen) atoms. The lowest BCUT2D eigenvalue weighted by Gasteiger charge is -2.07. The molecular formula is C19H16N8O2S. The molecule has 2 aromatic carbocycles. The number of anilines is 4. The van der Waals surface area contributed by atoms with Crippen molar-refractivity contribution >= 4 is 39.7 Å². The standard InChI is InChI=1S/C19H16N8O2S/c1-21-19-23-14(11-6-3-2-4-7-11)15(30-19)16-24-17(20)26-18(25-16)22-12-8-5-9-13(10-12)27(28)29/h2-10H,1H3,(H,21,23)(H3,20,22,24,25,26). The van der Waals surface area contributed by atoms with Crippen molar-refractivity contribution < 1.29 is 4.92 Å². The zero-order valence-electron chi connectivity index (χ0n) is 15.7. The zero-order chi connectivity index (χ0) is 21.1. The molecule has 0 aliphatic rings. The molecule has 0 amide bonds. The van der Waals surface area contributed by atoms with E-state index < -0.39 is 4.92 Å². The molecule has 2 aromatic heterocycles. The SMILES string of the molecule is CNc1nc(-c2ccccc2)c(-c2nc(N)nc(Nc3cccc([N+](=O)[O-])c3)n2)s1. The van der Waals surface area contributed by atoms with Gasteiger partial charge in [-0.1, -0.05) is 47.7 Å². The Morgan fingerprint density at radius 2 is 1.83 bits per heavy atom. The lowest BCUT2D eigenvalue weighted by molar-refractivity contribution is -0.384. The van der Waals surface area contributed by atoms with E-state index in [4.69, 9.17) is 5.73 Å². The fourth-order valence-corrected chi connectivity index (χ4v) is 3.62. The van der Waals surface area contributed by atoms with E-state index in [0.29, 0.717) is 16.6 Å². The van der Waals surface area contributed by atoms with Crippen molar-refractivity contribution in [1.82, 2.24) is 19.9 Å². The molecule has 0 bridgehead atoms. The first-order chi connectivity index (χ1) is 14.5. The number of nitrogens with two attached hydrogens (primary N) is 1. The Kier molecular flexibility index (Phi) is 5.18. The molecular weight excluding hydrogens is 404 g/mol. The molecule has 0 saturated carbocycles. The Labute approximate surface area is 175 Å². The van der Waals surface area contributed by atoms with Gasteiger partial charge < -0.3 is 16.4 Å². The minimum absolute atomic E-state index is 0.0198. The highest BCUT2D eigenvalue weighted by Crippen LogP contribution is 2.37. The number of aromatic nitrogens is 4. The molecule has 0 saturated heterocycles. The van der Waals surface area contributed by atoms with Crippen LogP contribution in [0.5, 0.6) is 0 Å².